The van der Waals surface area contributed by atoms with Gasteiger partial charge in [0.1, 0.15) is 6.10 Å². The van der Waals surface area contributed by atoms with Crippen LogP contribution in [0.1, 0.15) is 40.0 Å². The van der Waals surface area contributed by atoms with Gasteiger partial charge < -0.3 is 9.84 Å². The third-order valence-electron chi connectivity index (χ3n) is 5.33. The molecule has 0 spiro atoms. The molecule has 100 valence electrons. The first kappa shape index (κ1) is 13.1. The smallest absolute Gasteiger partial charge is 0.331 e. The average molecular weight is 252 g/mol. The van der Waals surface area contributed by atoms with E-state index in [1.165, 1.54) is 6.42 Å². The van der Waals surface area contributed by atoms with E-state index in [9.17, 15) is 9.59 Å². The Kier molecular flexibility index (Phi) is 2.99. The lowest BCUT2D eigenvalue weighted by molar-refractivity contribution is -0.151. The molecule has 2 rings (SSSR count). The molecule has 0 radical (unpaired) electrons. The van der Waals surface area contributed by atoms with Crippen molar-refractivity contribution in [2.24, 2.45) is 16.7 Å². The van der Waals surface area contributed by atoms with Gasteiger partial charge in [0.2, 0.25) is 0 Å². The molecule has 2 saturated carbocycles. The van der Waals surface area contributed by atoms with E-state index in [1.807, 2.05) is 0 Å². The quantitative estimate of drug-likeness (QED) is 0.618. The maximum Gasteiger partial charge on any atom is 0.331 e. The van der Waals surface area contributed by atoms with Gasteiger partial charge in [0.15, 0.2) is 0 Å². The number of hydrogen-bond acceptors (Lipinski definition) is 3. The van der Waals surface area contributed by atoms with Gasteiger partial charge in [-0.15, -0.1) is 0 Å². The summed E-state index contributed by atoms with van der Waals surface area (Å²) in [5.41, 5.74) is 0.207. The first-order valence-electron chi connectivity index (χ1n) is 6.39. The highest BCUT2D eigenvalue weighted by Crippen LogP contribution is 2.66. The number of esters is 1. The van der Waals surface area contributed by atoms with Gasteiger partial charge >= 0.3 is 11.9 Å². The standard InChI is InChI=1S/C14H20O4/c1-13(2)9-6-7-14(13,3)10(8-9)18-12(17)5-4-11(15)16/h4-5,9-10H,6-8H2,1-3H3,(H,15,16)/t9-,10+,14+/m0/s1. The van der Waals surface area contributed by atoms with Gasteiger partial charge in [0.05, 0.1) is 0 Å². The van der Waals surface area contributed by atoms with Crippen molar-refractivity contribution in [2.75, 3.05) is 0 Å². The Morgan fingerprint density at radius 2 is 1.94 bits per heavy atom. The zero-order valence-electron chi connectivity index (χ0n) is 11.1. The molecule has 0 saturated heterocycles. The molecule has 18 heavy (non-hydrogen) atoms. The molecule has 3 atom stereocenters. The highest BCUT2D eigenvalue weighted by Gasteiger charge is 2.62. The fourth-order valence-electron chi connectivity index (χ4n) is 3.63. The van der Waals surface area contributed by atoms with Gasteiger partial charge in [0, 0.05) is 17.6 Å². The van der Waals surface area contributed by atoms with Crippen molar-refractivity contribution >= 4 is 11.9 Å². The third-order valence-corrected chi connectivity index (χ3v) is 5.33. The van der Waals surface area contributed by atoms with E-state index in [-0.39, 0.29) is 16.9 Å². The molecule has 0 aromatic heterocycles. The summed E-state index contributed by atoms with van der Waals surface area (Å²) in [6.07, 6.45) is 4.90. The summed E-state index contributed by atoms with van der Waals surface area (Å²) in [4.78, 5) is 21.9. The van der Waals surface area contributed by atoms with E-state index in [1.54, 1.807) is 0 Å². The van der Waals surface area contributed by atoms with Crippen LogP contribution in [-0.4, -0.2) is 23.1 Å². The largest absolute Gasteiger partial charge is 0.478 e. The Balaban J connectivity index is 2.05. The van der Waals surface area contributed by atoms with E-state index in [0.29, 0.717) is 5.92 Å². The minimum Gasteiger partial charge on any atom is -0.478 e. The van der Waals surface area contributed by atoms with Gasteiger partial charge in [-0.25, -0.2) is 9.59 Å². The molecule has 2 fully saturated rings. The van der Waals surface area contributed by atoms with Crippen LogP contribution in [0.25, 0.3) is 0 Å². The number of ether oxygens (including phenoxy) is 1. The molecule has 4 heteroatoms. The van der Waals surface area contributed by atoms with Crippen LogP contribution < -0.4 is 0 Å². The topological polar surface area (TPSA) is 63.6 Å². The minimum atomic E-state index is -1.13. The number of hydrogen-bond donors (Lipinski definition) is 1. The normalized spacial score (nSPS) is 37.1. The minimum absolute atomic E-state index is 0.0182. The molecular formula is C14H20O4. The molecular weight excluding hydrogens is 232 g/mol. The monoisotopic (exact) mass is 252 g/mol. The van der Waals surface area contributed by atoms with E-state index in [0.717, 1.165) is 25.0 Å². The van der Waals surface area contributed by atoms with Crippen LogP contribution >= 0.6 is 0 Å². The van der Waals surface area contributed by atoms with E-state index >= 15 is 0 Å². The molecule has 0 heterocycles. The van der Waals surface area contributed by atoms with E-state index in [4.69, 9.17) is 9.84 Å². The fraction of sp³-hybridized carbons (Fsp3) is 0.714. The van der Waals surface area contributed by atoms with Gasteiger partial charge in [0.25, 0.3) is 0 Å². The third kappa shape index (κ3) is 1.84. The summed E-state index contributed by atoms with van der Waals surface area (Å²) in [5, 5.41) is 8.47. The Morgan fingerprint density at radius 1 is 1.28 bits per heavy atom. The Hall–Kier alpha value is -1.32. The summed E-state index contributed by atoms with van der Waals surface area (Å²) >= 11 is 0. The van der Waals surface area contributed by atoms with Crippen molar-refractivity contribution < 1.29 is 19.4 Å². The van der Waals surface area contributed by atoms with Crippen molar-refractivity contribution in [2.45, 2.75) is 46.1 Å². The van der Waals surface area contributed by atoms with Gasteiger partial charge in [-0.1, -0.05) is 20.8 Å². The first-order valence-corrected chi connectivity index (χ1v) is 6.39. The number of aliphatic carboxylic acids is 1. The van der Waals surface area contributed by atoms with Crippen LogP contribution in [0.4, 0.5) is 0 Å². The van der Waals surface area contributed by atoms with Crippen molar-refractivity contribution in [3.05, 3.63) is 12.2 Å². The van der Waals surface area contributed by atoms with Crippen LogP contribution in [0, 0.1) is 16.7 Å². The predicted octanol–water partition coefficient (Wildman–Crippen LogP) is 2.39. The van der Waals surface area contributed by atoms with Crippen molar-refractivity contribution in [3.63, 3.8) is 0 Å². The zero-order valence-corrected chi connectivity index (χ0v) is 11.1. The van der Waals surface area contributed by atoms with Crippen LogP contribution in [0.15, 0.2) is 12.2 Å². The maximum absolute atomic E-state index is 11.6. The van der Waals surface area contributed by atoms with E-state index in [2.05, 4.69) is 20.8 Å². The van der Waals surface area contributed by atoms with Crippen LogP contribution in [0.2, 0.25) is 0 Å². The number of carbonyl (C=O) groups excluding carboxylic acids is 1. The number of rotatable bonds is 3. The highest BCUT2D eigenvalue weighted by molar-refractivity contribution is 5.90. The summed E-state index contributed by atoms with van der Waals surface area (Å²) in [6, 6.07) is 0. The van der Waals surface area contributed by atoms with Gasteiger partial charge in [-0.2, -0.15) is 0 Å². The van der Waals surface area contributed by atoms with Crippen LogP contribution in [0.5, 0.6) is 0 Å². The molecule has 2 bridgehead atoms. The molecule has 0 amide bonds. The molecule has 4 nitrogen and oxygen atoms in total. The van der Waals surface area contributed by atoms with Crippen LogP contribution in [-0.2, 0) is 14.3 Å². The maximum atomic E-state index is 11.6. The molecule has 0 aromatic rings. The number of fused-ring (bicyclic) bond motifs is 2. The first-order chi connectivity index (χ1) is 8.27. The molecule has 0 aromatic carbocycles. The summed E-state index contributed by atoms with van der Waals surface area (Å²) in [5.74, 6) is -1.08. The van der Waals surface area contributed by atoms with Crippen molar-refractivity contribution in [1.29, 1.82) is 0 Å². The highest BCUT2D eigenvalue weighted by atomic mass is 16.5. The average Bonchev–Trinajstić information content (AvgIpc) is 2.59. The van der Waals surface area contributed by atoms with Crippen LogP contribution in [0.3, 0.4) is 0 Å². The summed E-state index contributed by atoms with van der Waals surface area (Å²) < 4.78 is 5.45. The fourth-order valence-corrected chi connectivity index (χ4v) is 3.63. The predicted molar refractivity (Wildman–Crippen MR) is 65.9 cm³/mol. The van der Waals surface area contributed by atoms with Crippen molar-refractivity contribution in [3.8, 4) is 0 Å². The molecule has 2 aliphatic carbocycles. The van der Waals surface area contributed by atoms with E-state index < -0.39 is 11.9 Å². The molecule has 0 unspecified atom stereocenters. The molecule has 0 aliphatic heterocycles. The van der Waals surface area contributed by atoms with Gasteiger partial charge in [-0.3, -0.25) is 0 Å². The number of carboxylic acid groups (broad SMARTS) is 1. The number of carbonyl (C=O) groups is 2. The lowest BCUT2D eigenvalue weighted by atomic mass is 9.70. The van der Waals surface area contributed by atoms with Crippen molar-refractivity contribution in [1.82, 2.24) is 0 Å². The Morgan fingerprint density at radius 3 is 2.39 bits per heavy atom. The van der Waals surface area contributed by atoms with Gasteiger partial charge in [-0.05, 0) is 30.6 Å². The SMILES string of the molecule is CC1(C)[C@H]2CC[C@]1(C)[C@H](OC(=O)C=CC(=O)O)C2. The second-order valence-corrected chi connectivity index (χ2v) is 6.21. The Bertz CT molecular complexity index is 410. The number of carboxylic acids is 1. The molecule has 1 N–H and O–H groups in total. The zero-order chi connectivity index (χ0) is 13.6. The summed E-state index contributed by atoms with van der Waals surface area (Å²) in [7, 11) is 0. The second-order valence-electron chi connectivity index (χ2n) is 6.21. The molecule has 2 aliphatic rings. The lowest BCUT2D eigenvalue weighted by Crippen LogP contribution is -2.38. The Labute approximate surface area is 107 Å². The lowest BCUT2D eigenvalue weighted by Gasteiger charge is -2.38. The second kappa shape index (κ2) is 4.11. The summed E-state index contributed by atoms with van der Waals surface area (Å²) in [6.45, 7) is 6.66.